The van der Waals surface area contributed by atoms with Crippen molar-refractivity contribution >= 4 is 33.0 Å². The van der Waals surface area contributed by atoms with Crippen LogP contribution in [0.1, 0.15) is 22.4 Å². The van der Waals surface area contributed by atoms with E-state index in [1.165, 1.54) is 10.4 Å². The molecule has 0 radical (unpaired) electrons. The highest BCUT2D eigenvalue weighted by Crippen LogP contribution is 2.20. The maximum absolute atomic E-state index is 5.75. The highest BCUT2D eigenvalue weighted by atomic mass is 79.9. The van der Waals surface area contributed by atoms with Gasteiger partial charge in [-0.3, -0.25) is 0 Å². The average Bonchev–Trinajstić information content (AvgIpc) is 2.82. The molecule has 3 N–H and O–H groups in total. The highest BCUT2D eigenvalue weighted by molar-refractivity contribution is 9.10. The van der Waals surface area contributed by atoms with Crippen LogP contribution in [0.5, 0.6) is 0 Å². The van der Waals surface area contributed by atoms with Crippen LogP contribution >= 0.6 is 27.3 Å². The second-order valence-corrected chi connectivity index (χ2v) is 6.09. The molecule has 1 aromatic carbocycles. The highest BCUT2D eigenvalue weighted by Gasteiger charge is 2.01. The van der Waals surface area contributed by atoms with E-state index >= 15 is 0 Å². The van der Waals surface area contributed by atoms with Crippen molar-refractivity contribution in [2.75, 3.05) is 5.73 Å². The molecule has 0 aliphatic rings. The zero-order chi connectivity index (χ0) is 13.0. The van der Waals surface area contributed by atoms with Crippen molar-refractivity contribution in [3.63, 3.8) is 0 Å². The Bertz CT molecular complexity index is 525. The van der Waals surface area contributed by atoms with Gasteiger partial charge in [-0.2, -0.15) is 0 Å². The molecule has 5 heteroatoms. The summed E-state index contributed by atoms with van der Waals surface area (Å²) in [6, 6.07) is 5.99. The van der Waals surface area contributed by atoms with Crippen LogP contribution in [-0.2, 0) is 19.5 Å². The summed E-state index contributed by atoms with van der Waals surface area (Å²) in [4.78, 5) is 5.71. The fourth-order valence-corrected chi connectivity index (χ4v) is 2.85. The average molecular weight is 326 g/mol. The van der Waals surface area contributed by atoms with E-state index in [2.05, 4.69) is 33.2 Å². The summed E-state index contributed by atoms with van der Waals surface area (Å²) >= 11 is 5.20. The van der Waals surface area contributed by atoms with E-state index in [9.17, 15) is 0 Å². The number of hydrogen-bond acceptors (Lipinski definition) is 4. The molecule has 0 spiro atoms. The quantitative estimate of drug-likeness (QED) is 0.829. The molecule has 0 aliphatic heterocycles. The maximum Gasteiger partial charge on any atom is 0.107 e. The first kappa shape index (κ1) is 13.5. The third-order valence-corrected chi connectivity index (χ3v) is 4.45. The Labute approximate surface area is 120 Å². The van der Waals surface area contributed by atoms with Gasteiger partial charge in [0.1, 0.15) is 5.01 Å². The predicted octanol–water partition coefficient (Wildman–Crippen LogP) is 3.34. The van der Waals surface area contributed by atoms with Crippen molar-refractivity contribution in [3.8, 4) is 0 Å². The van der Waals surface area contributed by atoms with Crippen LogP contribution in [0.2, 0.25) is 0 Å². The number of benzene rings is 1. The number of aromatic nitrogens is 1. The monoisotopic (exact) mass is 325 g/mol. The lowest BCUT2D eigenvalue weighted by molar-refractivity contribution is 0.690. The fourth-order valence-electron chi connectivity index (χ4n) is 1.59. The largest absolute Gasteiger partial charge is 0.398 e. The lowest BCUT2D eigenvalue weighted by Gasteiger charge is -2.05. The molecule has 0 bridgehead atoms. The topological polar surface area (TPSA) is 50.9 Å². The van der Waals surface area contributed by atoms with Crippen LogP contribution < -0.4 is 11.1 Å². The Morgan fingerprint density at radius 1 is 1.39 bits per heavy atom. The molecule has 96 valence electrons. The third-order valence-electron chi connectivity index (χ3n) is 2.62. The van der Waals surface area contributed by atoms with Crippen LogP contribution in [0.3, 0.4) is 0 Å². The van der Waals surface area contributed by atoms with E-state index in [4.69, 9.17) is 5.73 Å². The Morgan fingerprint density at radius 3 is 2.89 bits per heavy atom. The lowest BCUT2D eigenvalue weighted by atomic mass is 10.2. The zero-order valence-electron chi connectivity index (χ0n) is 10.2. The van der Waals surface area contributed by atoms with Crippen molar-refractivity contribution < 1.29 is 0 Å². The van der Waals surface area contributed by atoms with Crippen molar-refractivity contribution in [2.24, 2.45) is 0 Å². The summed E-state index contributed by atoms with van der Waals surface area (Å²) in [5, 5.41) is 4.53. The lowest BCUT2D eigenvalue weighted by Crippen LogP contribution is -2.12. The smallest absolute Gasteiger partial charge is 0.107 e. The number of anilines is 1. The molecule has 0 unspecified atom stereocenters. The van der Waals surface area contributed by atoms with Crippen LogP contribution in [0.15, 0.2) is 28.9 Å². The van der Waals surface area contributed by atoms with Crippen LogP contribution in [0.4, 0.5) is 5.69 Å². The zero-order valence-corrected chi connectivity index (χ0v) is 12.6. The first-order valence-electron chi connectivity index (χ1n) is 5.87. The third kappa shape index (κ3) is 3.54. The normalized spacial score (nSPS) is 10.8. The van der Waals surface area contributed by atoms with Gasteiger partial charge in [-0.15, -0.1) is 11.3 Å². The van der Waals surface area contributed by atoms with Gasteiger partial charge in [0.15, 0.2) is 0 Å². The van der Waals surface area contributed by atoms with Gasteiger partial charge in [0.25, 0.3) is 0 Å². The van der Waals surface area contributed by atoms with E-state index in [0.717, 1.165) is 34.7 Å². The van der Waals surface area contributed by atoms with Gasteiger partial charge in [-0.25, -0.2) is 4.98 Å². The maximum atomic E-state index is 5.75. The summed E-state index contributed by atoms with van der Waals surface area (Å²) in [5.41, 5.74) is 7.73. The number of halogens is 1. The number of nitrogens with zero attached hydrogens (tertiary/aromatic N) is 1. The second kappa shape index (κ2) is 6.31. The molecule has 0 amide bonds. The number of aryl methyl sites for hydroxylation is 1. The summed E-state index contributed by atoms with van der Waals surface area (Å²) < 4.78 is 0.948. The van der Waals surface area contributed by atoms with Crippen molar-refractivity contribution in [2.45, 2.75) is 26.4 Å². The minimum atomic E-state index is 0.770. The number of nitrogens with one attached hydrogen (secondary N) is 1. The van der Waals surface area contributed by atoms with E-state index in [1.54, 1.807) is 11.3 Å². The molecular formula is C13H16BrN3S. The minimum Gasteiger partial charge on any atom is -0.398 e. The molecule has 0 saturated heterocycles. The van der Waals surface area contributed by atoms with Crippen LogP contribution in [-0.4, -0.2) is 4.98 Å². The Hall–Kier alpha value is -0.910. The minimum absolute atomic E-state index is 0.770. The molecule has 0 aliphatic carbocycles. The van der Waals surface area contributed by atoms with Crippen LogP contribution in [0, 0.1) is 0 Å². The molecule has 0 saturated carbocycles. The summed E-state index contributed by atoms with van der Waals surface area (Å²) in [6.45, 7) is 3.78. The molecule has 1 heterocycles. The van der Waals surface area contributed by atoms with Crippen molar-refractivity contribution in [1.82, 2.24) is 10.3 Å². The van der Waals surface area contributed by atoms with E-state index in [-0.39, 0.29) is 0 Å². The summed E-state index contributed by atoms with van der Waals surface area (Å²) in [5.74, 6) is 0. The fraction of sp³-hybridized carbons (Fsp3) is 0.308. The summed E-state index contributed by atoms with van der Waals surface area (Å²) in [6.07, 6.45) is 3.02. The number of hydrogen-bond donors (Lipinski definition) is 2. The number of rotatable bonds is 5. The Morgan fingerprint density at radius 2 is 2.22 bits per heavy atom. The Kier molecular flexibility index (Phi) is 4.74. The van der Waals surface area contributed by atoms with Gasteiger partial charge in [-0.1, -0.05) is 13.0 Å². The number of nitrogens with two attached hydrogens (primary N) is 1. The molecule has 1 aromatic heterocycles. The standard InChI is InChI=1S/C13H16BrN3S/c1-2-10-7-17-13(18-10)8-16-6-9-3-4-12(15)11(14)5-9/h3-5,7,16H,2,6,8,15H2,1H3. The SMILES string of the molecule is CCc1cnc(CNCc2ccc(N)c(Br)c2)s1. The first-order chi connectivity index (χ1) is 8.69. The summed E-state index contributed by atoms with van der Waals surface area (Å²) in [7, 11) is 0. The second-order valence-electron chi connectivity index (χ2n) is 4.03. The molecule has 2 rings (SSSR count). The number of nitrogen functional groups attached to an aromatic ring is 1. The molecule has 0 atom stereocenters. The van der Waals surface area contributed by atoms with Gasteiger partial charge in [0.05, 0.1) is 0 Å². The molecule has 3 nitrogen and oxygen atoms in total. The molecule has 0 fully saturated rings. The van der Waals surface area contributed by atoms with Crippen molar-refractivity contribution in [1.29, 1.82) is 0 Å². The number of thiazole rings is 1. The van der Waals surface area contributed by atoms with Gasteiger partial charge in [0.2, 0.25) is 0 Å². The predicted molar refractivity (Wildman–Crippen MR) is 80.6 cm³/mol. The molecular weight excluding hydrogens is 310 g/mol. The van der Waals surface area contributed by atoms with Gasteiger partial charge in [0, 0.05) is 34.3 Å². The Balaban J connectivity index is 1.86. The van der Waals surface area contributed by atoms with E-state index in [1.807, 2.05) is 24.4 Å². The molecule has 18 heavy (non-hydrogen) atoms. The van der Waals surface area contributed by atoms with Gasteiger partial charge < -0.3 is 11.1 Å². The van der Waals surface area contributed by atoms with Crippen LogP contribution in [0.25, 0.3) is 0 Å². The first-order valence-corrected chi connectivity index (χ1v) is 7.48. The van der Waals surface area contributed by atoms with Gasteiger partial charge >= 0.3 is 0 Å². The van der Waals surface area contributed by atoms with Gasteiger partial charge in [-0.05, 0) is 40.0 Å². The van der Waals surface area contributed by atoms with E-state index in [0.29, 0.717) is 0 Å². The van der Waals surface area contributed by atoms with Crippen molar-refractivity contribution in [3.05, 3.63) is 44.3 Å². The van der Waals surface area contributed by atoms with E-state index < -0.39 is 0 Å². The molecule has 2 aromatic rings.